The molecule has 21 heavy (non-hydrogen) atoms. The maximum absolute atomic E-state index is 10.6. The number of hydrogen-bond donors (Lipinski definition) is 0. The fourth-order valence-electron chi connectivity index (χ4n) is 4.97. The molecule has 2 saturated carbocycles. The molecule has 2 aliphatic carbocycles. The van der Waals surface area contributed by atoms with E-state index >= 15 is 0 Å². The normalized spacial score (nSPS) is 38.4. The molecule has 3 heteroatoms. The van der Waals surface area contributed by atoms with Gasteiger partial charge in [-0.2, -0.15) is 0 Å². The second kappa shape index (κ2) is 6.37. The van der Waals surface area contributed by atoms with Gasteiger partial charge in [0.25, 0.3) is 0 Å². The van der Waals surface area contributed by atoms with Crippen LogP contribution in [0, 0.1) is 23.2 Å². The highest BCUT2D eigenvalue weighted by molar-refractivity contribution is 6.69. The highest BCUT2D eigenvalue weighted by Crippen LogP contribution is 2.58. The fraction of sp³-hybridized carbons (Fsp3) is 0.833. The Balaban J connectivity index is 2.14. The topological polar surface area (TPSA) is 26.3 Å². The molecule has 2 aliphatic rings. The van der Waals surface area contributed by atoms with Crippen LogP contribution in [0.3, 0.4) is 0 Å². The molecule has 0 radical (unpaired) electrons. The van der Waals surface area contributed by atoms with Crippen LogP contribution in [-0.2, 0) is 9.22 Å². The van der Waals surface area contributed by atoms with E-state index in [-0.39, 0.29) is 0 Å². The van der Waals surface area contributed by atoms with Crippen molar-refractivity contribution in [3.8, 4) is 0 Å². The Labute approximate surface area is 131 Å². The standard InChI is InChI=1S/C18H32O2Si/c1-14(8-7-13-19)15-10-11-16-17(20-21(3,4)5)9-6-12-18(15,16)2/h7-8,13-17H,6,9-12H2,1-5H3/t14-,15-,16?,17?,18+/m1/s1. The molecule has 0 amide bonds. The van der Waals surface area contributed by atoms with Gasteiger partial charge < -0.3 is 4.43 Å². The first-order valence-electron chi connectivity index (χ1n) is 8.58. The van der Waals surface area contributed by atoms with Crippen LogP contribution in [0.1, 0.15) is 46.0 Å². The number of fused-ring (bicyclic) bond motifs is 1. The Bertz CT molecular complexity index is 399. The molecule has 0 heterocycles. The third-order valence-corrected chi connectivity index (χ3v) is 6.78. The van der Waals surface area contributed by atoms with Gasteiger partial charge in [0, 0.05) is 6.10 Å². The van der Waals surface area contributed by atoms with E-state index < -0.39 is 8.32 Å². The van der Waals surface area contributed by atoms with E-state index in [0.717, 1.165) is 12.2 Å². The summed E-state index contributed by atoms with van der Waals surface area (Å²) in [6.45, 7) is 11.7. The van der Waals surface area contributed by atoms with Crippen LogP contribution in [-0.4, -0.2) is 20.7 Å². The minimum absolute atomic E-state index is 0.398. The monoisotopic (exact) mass is 308 g/mol. The third kappa shape index (κ3) is 3.68. The largest absolute Gasteiger partial charge is 0.414 e. The molecule has 0 aliphatic heterocycles. The zero-order valence-electron chi connectivity index (χ0n) is 14.4. The summed E-state index contributed by atoms with van der Waals surface area (Å²) in [5.74, 6) is 1.91. The second-order valence-electron chi connectivity index (χ2n) is 8.34. The van der Waals surface area contributed by atoms with Gasteiger partial charge in [-0.25, -0.2) is 0 Å². The van der Waals surface area contributed by atoms with Crippen LogP contribution in [0.25, 0.3) is 0 Å². The number of hydrogen-bond acceptors (Lipinski definition) is 2. The Morgan fingerprint density at radius 3 is 2.57 bits per heavy atom. The Kier molecular flexibility index (Phi) is 5.14. The molecule has 2 unspecified atom stereocenters. The minimum atomic E-state index is -1.47. The molecule has 0 aromatic rings. The minimum Gasteiger partial charge on any atom is -0.414 e. The Hall–Kier alpha value is -0.413. The summed E-state index contributed by atoms with van der Waals surface area (Å²) in [5, 5.41) is 0. The van der Waals surface area contributed by atoms with Crippen LogP contribution in [0.5, 0.6) is 0 Å². The van der Waals surface area contributed by atoms with Gasteiger partial charge in [0.1, 0.15) is 6.29 Å². The Morgan fingerprint density at radius 1 is 1.24 bits per heavy atom. The average molecular weight is 309 g/mol. The van der Waals surface area contributed by atoms with Crippen molar-refractivity contribution in [2.45, 2.75) is 71.7 Å². The molecule has 0 saturated heterocycles. The third-order valence-electron chi connectivity index (χ3n) is 5.77. The van der Waals surface area contributed by atoms with Crippen molar-refractivity contribution in [3.63, 3.8) is 0 Å². The van der Waals surface area contributed by atoms with Crippen LogP contribution < -0.4 is 0 Å². The summed E-state index contributed by atoms with van der Waals surface area (Å²) in [6, 6.07) is 0. The van der Waals surface area contributed by atoms with Crippen molar-refractivity contribution in [1.29, 1.82) is 0 Å². The molecule has 2 nitrogen and oxygen atoms in total. The first-order chi connectivity index (χ1) is 9.78. The van der Waals surface area contributed by atoms with Crippen molar-refractivity contribution in [3.05, 3.63) is 12.2 Å². The van der Waals surface area contributed by atoms with Gasteiger partial charge in [-0.3, -0.25) is 4.79 Å². The second-order valence-corrected chi connectivity index (χ2v) is 12.8. The summed E-state index contributed by atoms with van der Waals surface area (Å²) in [5.41, 5.74) is 0.398. The lowest BCUT2D eigenvalue weighted by Gasteiger charge is -2.47. The van der Waals surface area contributed by atoms with Gasteiger partial charge in [-0.15, -0.1) is 0 Å². The molecule has 0 aromatic carbocycles. The maximum atomic E-state index is 10.6. The first kappa shape index (κ1) is 16.9. The molecule has 5 atom stereocenters. The molecule has 0 N–H and O–H groups in total. The highest BCUT2D eigenvalue weighted by atomic mass is 28.4. The van der Waals surface area contributed by atoms with Gasteiger partial charge >= 0.3 is 0 Å². The summed E-state index contributed by atoms with van der Waals surface area (Å²) in [7, 11) is -1.47. The van der Waals surface area contributed by atoms with E-state index in [2.05, 4.69) is 39.6 Å². The fourth-order valence-corrected chi connectivity index (χ4v) is 6.16. The molecule has 2 rings (SSSR count). The van der Waals surface area contributed by atoms with Gasteiger partial charge in [0.05, 0.1) is 0 Å². The molecule has 2 fully saturated rings. The lowest BCUT2D eigenvalue weighted by Crippen LogP contribution is -2.46. The van der Waals surface area contributed by atoms with Crippen LogP contribution >= 0.6 is 0 Å². The molecule has 0 aromatic heterocycles. The number of aldehydes is 1. The highest BCUT2D eigenvalue weighted by Gasteiger charge is 2.52. The molecule has 0 spiro atoms. The lowest BCUT2D eigenvalue weighted by atomic mass is 9.62. The van der Waals surface area contributed by atoms with E-state index in [0.29, 0.717) is 23.4 Å². The van der Waals surface area contributed by atoms with Crippen molar-refractivity contribution in [2.75, 3.05) is 0 Å². The first-order valence-corrected chi connectivity index (χ1v) is 12.0. The number of carbonyl (C=O) groups is 1. The number of carbonyl (C=O) groups excluding carboxylic acids is 1. The SMILES string of the molecule is C[C@H](C=CC=O)[C@H]1CCC2C(O[Si](C)(C)C)CCC[C@]21C. The van der Waals surface area contributed by atoms with Gasteiger partial charge in [0.2, 0.25) is 0 Å². The van der Waals surface area contributed by atoms with Gasteiger partial charge in [0.15, 0.2) is 8.32 Å². The maximum Gasteiger partial charge on any atom is 0.184 e. The smallest absolute Gasteiger partial charge is 0.184 e. The van der Waals surface area contributed by atoms with Crippen molar-refractivity contribution < 1.29 is 9.22 Å². The molecule has 0 bridgehead atoms. The van der Waals surface area contributed by atoms with Gasteiger partial charge in [-0.1, -0.05) is 26.3 Å². The summed E-state index contributed by atoms with van der Waals surface area (Å²) in [6.07, 6.45) is 11.6. The van der Waals surface area contributed by atoms with E-state index in [4.69, 9.17) is 4.43 Å². The summed E-state index contributed by atoms with van der Waals surface area (Å²) < 4.78 is 6.53. The Morgan fingerprint density at radius 2 is 1.95 bits per heavy atom. The zero-order chi connectivity index (χ0) is 15.7. The van der Waals surface area contributed by atoms with E-state index in [1.807, 2.05) is 0 Å². The summed E-state index contributed by atoms with van der Waals surface area (Å²) >= 11 is 0. The summed E-state index contributed by atoms with van der Waals surface area (Å²) in [4.78, 5) is 10.6. The molecular formula is C18H32O2Si. The van der Waals surface area contributed by atoms with Gasteiger partial charge in [-0.05, 0) is 74.6 Å². The van der Waals surface area contributed by atoms with E-state index in [1.165, 1.54) is 32.1 Å². The van der Waals surface area contributed by atoms with Crippen LogP contribution in [0.4, 0.5) is 0 Å². The van der Waals surface area contributed by atoms with Crippen molar-refractivity contribution in [2.24, 2.45) is 23.2 Å². The molecule has 120 valence electrons. The lowest BCUT2D eigenvalue weighted by molar-refractivity contribution is -0.104. The number of rotatable bonds is 5. The predicted octanol–water partition coefficient (Wildman–Crippen LogP) is 4.81. The van der Waals surface area contributed by atoms with Crippen LogP contribution in [0.15, 0.2) is 12.2 Å². The predicted molar refractivity (Wildman–Crippen MR) is 90.8 cm³/mol. The molecular weight excluding hydrogens is 276 g/mol. The number of allylic oxidation sites excluding steroid dienone is 2. The quantitative estimate of drug-likeness (QED) is 0.414. The van der Waals surface area contributed by atoms with Crippen molar-refractivity contribution >= 4 is 14.6 Å². The van der Waals surface area contributed by atoms with Crippen molar-refractivity contribution in [1.82, 2.24) is 0 Å². The van der Waals surface area contributed by atoms with E-state index in [1.54, 1.807) is 6.08 Å². The zero-order valence-corrected chi connectivity index (χ0v) is 15.4. The average Bonchev–Trinajstić information content (AvgIpc) is 2.72. The van der Waals surface area contributed by atoms with Crippen LogP contribution in [0.2, 0.25) is 19.6 Å². The van der Waals surface area contributed by atoms with E-state index in [9.17, 15) is 4.79 Å².